The van der Waals surface area contributed by atoms with Gasteiger partial charge in [-0.3, -0.25) is 4.72 Å². The average Bonchev–Trinajstić information content (AvgIpc) is 1.93. The third kappa shape index (κ3) is 4.17. The van der Waals surface area contributed by atoms with Crippen molar-refractivity contribution in [2.75, 3.05) is 11.0 Å². The van der Waals surface area contributed by atoms with E-state index in [4.69, 9.17) is 0 Å². The number of anilines is 1. The minimum atomic E-state index is -3.52. The third-order valence-corrected chi connectivity index (χ3v) is 1.82. The summed E-state index contributed by atoms with van der Waals surface area (Å²) in [5.41, 5.74) is -0.260. The molecule has 0 fully saturated rings. The van der Waals surface area contributed by atoms with Crippen molar-refractivity contribution >= 4 is 15.7 Å². The van der Waals surface area contributed by atoms with Crippen molar-refractivity contribution in [3.8, 4) is 0 Å². The molecule has 3 nitrogen and oxygen atoms in total. The van der Waals surface area contributed by atoms with Crippen molar-refractivity contribution in [1.29, 1.82) is 0 Å². The molecule has 1 aromatic carbocycles. The van der Waals surface area contributed by atoms with Gasteiger partial charge in [-0.1, -0.05) is 0 Å². The molecule has 0 aromatic heterocycles. The summed E-state index contributed by atoms with van der Waals surface area (Å²) < 4.78 is 48.4. The Labute approximate surface area is 95.4 Å². The number of hydrogen-bond donors (Lipinski definition) is 1. The molecule has 7 heteroatoms. The summed E-state index contributed by atoms with van der Waals surface area (Å²) in [6, 6.07) is 2.59. The molecule has 76 valence electrons. The molecule has 0 saturated heterocycles. The number of hydrogen-bond acceptors (Lipinski definition) is 2. The number of sulfonamides is 1. The zero-order valence-electron chi connectivity index (χ0n) is 7.21. The SMILES string of the molecule is CS(=O)(=O)Nc1ccc(F)cc1F.[Ti]. The maximum absolute atomic E-state index is 12.8. The van der Waals surface area contributed by atoms with Crippen LogP contribution in [0.2, 0.25) is 0 Å². The van der Waals surface area contributed by atoms with E-state index in [1.165, 1.54) is 0 Å². The van der Waals surface area contributed by atoms with Crippen molar-refractivity contribution in [2.24, 2.45) is 0 Å². The van der Waals surface area contributed by atoms with Crippen molar-refractivity contribution in [3.63, 3.8) is 0 Å². The number of halogens is 2. The summed E-state index contributed by atoms with van der Waals surface area (Å²) in [4.78, 5) is 0. The van der Waals surface area contributed by atoms with E-state index in [9.17, 15) is 17.2 Å². The monoisotopic (exact) mass is 255 g/mol. The van der Waals surface area contributed by atoms with E-state index in [0.29, 0.717) is 6.07 Å². The summed E-state index contributed by atoms with van der Waals surface area (Å²) in [6.07, 6.45) is 0.885. The first-order chi connectivity index (χ1) is 5.88. The van der Waals surface area contributed by atoms with Gasteiger partial charge < -0.3 is 0 Å². The maximum atomic E-state index is 12.8. The third-order valence-electron chi connectivity index (χ3n) is 1.23. The molecule has 0 unspecified atom stereocenters. The summed E-state index contributed by atoms with van der Waals surface area (Å²) in [5.74, 6) is -1.69. The first-order valence-electron chi connectivity index (χ1n) is 3.31. The number of rotatable bonds is 2. The fourth-order valence-corrected chi connectivity index (χ4v) is 1.34. The minimum absolute atomic E-state index is 0. The van der Waals surface area contributed by atoms with E-state index in [-0.39, 0.29) is 27.4 Å². The molecule has 0 bridgehead atoms. The van der Waals surface area contributed by atoms with Crippen LogP contribution in [0.1, 0.15) is 0 Å². The Morgan fingerprint density at radius 3 is 2.29 bits per heavy atom. The van der Waals surface area contributed by atoms with E-state index >= 15 is 0 Å². The predicted octanol–water partition coefficient (Wildman–Crippen LogP) is 1.33. The summed E-state index contributed by atoms with van der Waals surface area (Å²) in [7, 11) is -3.52. The van der Waals surface area contributed by atoms with E-state index < -0.39 is 21.7 Å². The normalized spacial score (nSPS) is 10.5. The van der Waals surface area contributed by atoms with Crippen LogP contribution >= 0.6 is 0 Å². The number of nitrogens with one attached hydrogen (secondary N) is 1. The summed E-state index contributed by atoms with van der Waals surface area (Å²) >= 11 is 0. The van der Waals surface area contributed by atoms with Crippen LogP contribution in [0.3, 0.4) is 0 Å². The Bertz CT molecular complexity index is 422. The van der Waals surface area contributed by atoms with E-state index in [1.807, 2.05) is 4.72 Å². The Balaban J connectivity index is 0.00000169. The van der Waals surface area contributed by atoms with Gasteiger partial charge in [-0.15, -0.1) is 0 Å². The summed E-state index contributed by atoms with van der Waals surface area (Å²) in [5, 5.41) is 0. The standard InChI is InChI=1S/C7H7F2NO2S.Ti/c1-13(11,12)10-7-3-2-5(8)4-6(7)9;/h2-4,10H,1H3;. The van der Waals surface area contributed by atoms with Crippen molar-refractivity contribution < 1.29 is 38.9 Å². The van der Waals surface area contributed by atoms with E-state index in [1.54, 1.807) is 0 Å². The molecule has 1 N–H and O–H groups in total. The van der Waals surface area contributed by atoms with Crippen LogP contribution in [-0.4, -0.2) is 14.7 Å². The topological polar surface area (TPSA) is 46.2 Å². The van der Waals surface area contributed by atoms with Gasteiger partial charge >= 0.3 is 0 Å². The number of benzene rings is 1. The quantitative estimate of drug-likeness (QED) is 0.810. The van der Waals surface area contributed by atoms with Crippen molar-refractivity contribution in [1.82, 2.24) is 0 Å². The van der Waals surface area contributed by atoms with Crippen LogP contribution in [0.4, 0.5) is 14.5 Å². The predicted molar refractivity (Wildman–Crippen MR) is 44.8 cm³/mol. The molecule has 1 rings (SSSR count). The van der Waals surface area contributed by atoms with Crippen molar-refractivity contribution in [3.05, 3.63) is 29.8 Å². The second-order valence-corrected chi connectivity index (χ2v) is 4.25. The first kappa shape index (κ1) is 13.5. The van der Waals surface area contributed by atoms with Gasteiger partial charge in [0.15, 0.2) is 0 Å². The zero-order valence-corrected chi connectivity index (χ0v) is 9.59. The Kier molecular flexibility index (Phi) is 4.70. The van der Waals surface area contributed by atoms with Gasteiger partial charge in [-0.25, -0.2) is 17.2 Å². The van der Waals surface area contributed by atoms with Crippen molar-refractivity contribution in [2.45, 2.75) is 0 Å². The van der Waals surface area contributed by atoms with E-state index in [0.717, 1.165) is 18.4 Å². The van der Waals surface area contributed by atoms with Gasteiger partial charge in [0.05, 0.1) is 11.9 Å². The van der Waals surface area contributed by atoms with Gasteiger partial charge in [0.2, 0.25) is 10.0 Å². The molecular weight excluding hydrogens is 248 g/mol. The molecule has 0 spiro atoms. The molecule has 0 heterocycles. The Morgan fingerprint density at radius 2 is 1.86 bits per heavy atom. The van der Waals surface area contributed by atoms with Crippen LogP contribution in [-0.2, 0) is 31.7 Å². The smallest absolute Gasteiger partial charge is 0.229 e. The molecule has 0 atom stereocenters. The van der Waals surface area contributed by atoms with Crippen LogP contribution in [0.5, 0.6) is 0 Å². The maximum Gasteiger partial charge on any atom is 0.229 e. The molecule has 14 heavy (non-hydrogen) atoms. The van der Waals surface area contributed by atoms with Crippen LogP contribution in [0, 0.1) is 11.6 Å². The molecule has 0 aliphatic rings. The van der Waals surface area contributed by atoms with Crippen LogP contribution in [0.25, 0.3) is 0 Å². The molecule has 0 amide bonds. The Hall–Kier alpha value is -0.456. The van der Waals surface area contributed by atoms with Crippen LogP contribution < -0.4 is 4.72 Å². The molecule has 0 radical (unpaired) electrons. The van der Waals surface area contributed by atoms with Gasteiger partial charge in [0.25, 0.3) is 0 Å². The largest absolute Gasteiger partial charge is 0.281 e. The average molecular weight is 255 g/mol. The fraction of sp³-hybridized carbons (Fsp3) is 0.143. The first-order valence-corrected chi connectivity index (χ1v) is 5.20. The minimum Gasteiger partial charge on any atom is -0.281 e. The van der Waals surface area contributed by atoms with Crippen LogP contribution in [0.15, 0.2) is 18.2 Å². The van der Waals surface area contributed by atoms with E-state index in [2.05, 4.69) is 0 Å². The second kappa shape index (κ2) is 4.86. The van der Waals surface area contributed by atoms with Gasteiger partial charge in [0, 0.05) is 27.8 Å². The Morgan fingerprint density at radius 1 is 1.29 bits per heavy atom. The molecule has 0 aliphatic heterocycles. The summed E-state index contributed by atoms with van der Waals surface area (Å²) in [6.45, 7) is 0. The fourth-order valence-electron chi connectivity index (χ4n) is 0.772. The van der Waals surface area contributed by atoms with Gasteiger partial charge in [0.1, 0.15) is 11.6 Å². The molecule has 1 aromatic rings. The second-order valence-electron chi connectivity index (χ2n) is 2.50. The molecular formula is C7H7F2NO2STi. The van der Waals surface area contributed by atoms with Gasteiger partial charge in [-0.05, 0) is 12.1 Å². The molecule has 0 aliphatic carbocycles. The molecule has 0 saturated carbocycles. The van der Waals surface area contributed by atoms with Gasteiger partial charge in [-0.2, -0.15) is 0 Å². The zero-order chi connectivity index (χ0) is 10.1.